The van der Waals surface area contributed by atoms with Crippen LogP contribution >= 0.6 is 11.6 Å². The maximum absolute atomic E-state index is 13.8. The number of hydrogen-bond acceptors (Lipinski definition) is 3. The molecule has 0 bridgehead atoms. The molecule has 1 heterocycles. The number of benzene rings is 3. The van der Waals surface area contributed by atoms with Crippen molar-refractivity contribution < 1.29 is 19.1 Å². The number of rotatable bonds is 3. The maximum Gasteiger partial charge on any atom is 0.300 e. The molecular formula is C28H25ClFNO3. The normalized spacial score (nSPS) is 17.9. The molecule has 1 aliphatic rings. The molecule has 6 heteroatoms. The number of amides is 1. The molecule has 3 aromatic carbocycles. The first kappa shape index (κ1) is 23.7. The van der Waals surface area contributed by atoms with Gasteiger partial charge in [0.1, 0.15) is 11.6 Å². The quantitative estimate of drug-likeness (QED) is 0.259. The van der Waals surface area contributed by atoms with Crippen molar-refractivity contribution in [3.8, 4) is 0 Å². The molecule has 34 heavy (non-hydrogen) atoms. The van der Waals surface area contributed by atoms with Crippen LogP contribution in [0.4, 0.5) is 10.1 Å². The lowest BCUT2D eigenvalue weighted by atomic mass is 9.85. The van der Waals surface area contributed by atoms with Gasteiger partial charge >= 0.3 is 0 Å². The van der Waals surface area contributed by atoms with Gasteiger partial charge in [-0.05, 0) is 41.7 Å². The van der Waals surface area contributed by atoms with E-state index < -0.39 is 23.5 Å². The summed E-state index contributed by atoms with van der Waals surface area (Å²) in [6.07, 6.45) is 0. The molecule has 1 saturated heterocycles. The van der Waals surface area contributed by atoms with Crippen LogP contribution in [0.25, 0.3) is 5.76 Å². The van der Waals surface area contributed by atoms with Gasteiger partial charge < -0.3 is 5.11 Å². The average Bonchev–Trinajstić information content (AvgIpc) is 3.06. The third-order valence-electron chi connectivity index (χ3n) is 6.04. The Balaban J connectivity index is 1.93. The van der Waals surface area contributed by atoms with Crippen LogP contribution in [-0.4, -0.2) is 16.8 Å². The highest BCUT2D eigenvalue weighted by Gasteiger charge is 2.47. The van der Waals surface area contributed by atoms with Gasteiger partial charge in [-0.25, -0.2) is 4.39 Å². The number of aliphatic hydroxyl groups is 1. The predicted molar refractivity (Wildman–Crippen MR) is 133 cm³/mol. The van der Waals surface area contributed by atoms with Crippen molar-refractivity contribution in [3.05, 3.63) is 105 Å². The van der Waals surface area contributed by atoms with Crippen LogP contribution in [0.5, 0.6) is 0 Å². The van der Waals surface area contributed by atoms with Crippen molar-refractivity contribution >= 4 is 34.7 Å². The molecule has 0 saturated carbocycles. The number of aryl methyl sites for hydroxylation is 1. The Morgan fingerprint density at radius 3 is 2.15 bits per heavy atom. The number of Topliss-reactive ketones (excluding diaryl/α,β-unsaturated/α-hetero) is 1. The van der Waals surface area contributed by atoms with Crippen molar-refractivity contribution in [2.45, 2.75) is 39.2 Å². The van der Waals surface area contributed by atoms with Gasteiger partial charge in [0, 0.05) is 11.3 Å². The van der Waals surface area contributed by atoms with Crippen molar-refractivity contribution in [2.24, 2.45) is 0 Å². The first-order chi connectivity index (χ1) is 16.0. The van der Waals surface area contributed by atoms with E-state index in [2.05, 4.69) is 20.8 Å². The highest BCUT2D eigenvalue weighted by Crippen LogP contribution is 2.43. The van der Waals surface area contributed by atoms with Crippen LogP contribution < -0.4 is 4.90 Å². The number of nitrogens with zero attached hydrogens (tertiary/aromatic N) is 1. The highest BCUT2D eigenvalue weighted by atomic mass is 35.5. The highest BCUT2D eigenvalue weighted by molar-refractivity contribution is 6.51. The Hall–Kier alpha value is -3.44. The summed E-state index contributed by atoms with van der Waals surface area (Å²) >= 11 is 5.99. The molecule has 4 rings (SSSR count). The summed E-state index contributed by atoms with van der Waals surface area (Å²) in [7, 11) is 0. The third-order valence-corrected chi connectivity index (χ3v) is 6.33. The predicted octanol–water partition coefficient (Wildman–Crippen LogP) is 6.71. The number of carbonyl (C=O) groups excluding carboxylic acids is 2. The average molecular weight is 478 g/mol. The zero-order valence-corrected chi connectivity index (χ0v) is 20.2. The van der Waals surface area contributed by atoms with Gasteiger partial charge in [0.2, 0.25) is 0 Å². The Morgan fingerprint density at radius 2 is 1.59 bits per heavy atom. The second kappa shape index (κ2) is 8.73. The molecule has 1 aliphatic heterocycles. The summed E-state index contributed by atoms with van der Waals surface area (Å²) in [6.45, 7) is 8.18. The van der Waals surface area contributed by atoms with E-state index in [1.807, 2.05) is 43.3 Å². The summed E-state index contributed by atoms with van der Waals surface area (Å²) < 4.78 is 13.8. The Morgan fingerprint density at radius 1 is 0.971 bits per heavy atom. The van der Waals surface area contributed by atoms with Crippen molar-refractivity contribution in [1.29, 1.82) is 0 Å². The second-order valence-corrected chi connectivity index (χ2v) is 9.91. The van der Waals surface area contributed by atoms with Gasteiger partial charge in [-0.15, -0.1) is 0 Å². The molecule has 1 unspecified atom stereocenters. The number of ketones is 1. The number of aliphatic hydroxyl groups excluding tert-OH is 1. The molecule has 174 valence electrons. The lowest BCUT2D eigenvalue weighted by Gasteiger charge is -2.27. The van der Waals surface area contributed by atoms with Crippen LogP contribution in [-0.2, 0) is 15.0 Å². The fourth-order valence-corrected chi connectivity index (χ4v) is 4.26. The van der Waals surface area contributed by atoms with Gasteiger partial charge in [0.15, 0.2) is 0 Å². The van der Waals surface area contributed by atoms with Gasteiger partial charge in [0.05, 0.1) is 16.6 Å². The maximum atomic E-state index is 13.8. The topological polar surface area (TPSA) is 57.6 Å². The zero-order valence-electron chi connectivity index (χ0n) is 19.4. The van der Waals surface area contributed by atoms with Gasteiger partial charge in [-0.1, -0.05) is 86.5 Å². The van der Waals surface area contributed by atoms with E-state index >= 15 is 0 Å². The smallest absolute Gasteiger partial charge is 0.300 e. The first-order valence-electron chi connectivity index (χ1n) is 10.9. The zero-order chi connectivity index (χ0) is 24.8. The van der Waals surface area contributed by atoms with Crippen LogP contribution in [0.2, 0.25) is 5.02 Å². The minimum absolute atomic E-state index is 0.0298. The Bertz CT molecular complexity index is 1300. The van der Waals surface area contributed by atoms with E-state index in [9.17, 15) is 19.1 Å². The lowest BCUT2D eigenvalue weighted by molar-refractivity contribution is -0.132. The summed E-state index contributed by atoms with van der Waals surface area (Å²) in [6, 6.07) is 17.6. The van der Waals surface area contributed by atoms with E-state index in [1.165, 1.54) is 17.0 Å². The van der Waals surface area contributed by atoms with Crippen LogP contribution in [0.1, 0.15) is 49.1 Å². The minimum Gasteiger partial charge on any atom is -0.507 e. The van der Waals surface area contributed by atoms with E-state index in [1.54, 1.807) is 12.1 Å². The molecule has 0 spiro atoms. The van der Waals surface area contributed by atoms with Gasteiger partial charge in [0.25, 0.3) is 11.7 Å². The van der Waals surface area contributed by atoms with E-state index in [-0.39, 0.29) is 27.5 Å². The molecule has 1 N–H and O–H groups in total. The molecule has 0 radical (unpaired) electrons. The number of carbonyl (C=O) groups is 2. The Kier molecular flexibility index (Phi) is 6.09. The number of anilines is 1. The fourth-order valence-electron chi connectivity index (χ4n) is 4.08. The van der Waals surface area contributed by atoms with Gasteiger partial charge in [-0.3, -0.25) is 14.5 Å². The second-order valence-electron chi connectivity index (χ2n) is 9.51. The molecular weight excluding hydrogens is 453 g/mol. The molecule has 0 aromatic heterocycles. The van der Waals surface area contributed by atoms with Crippen LogP contribution in [0.3, 0.4) is 0 Å². The molecule has 1 atom stereocenters. The largest absolute Gasteiger partial charge is 0.507 e. The van der Waals surface area contributed by atoms with Crippen molar-refractivity contribution in [3.63, 3.8) is 0 Å². The summed E-state index contributed by atoms with van der Waals surface area (Å²) in [4.78, 5) is 27.7. The molecule has 1 amide bonds. The molecule has 0 aliphatic carbocycles. The van der Waals surface area contributed by atoms with Gasteiger partial charge in [-0.2, -0.15) is 0 Å². The first-order valence-corrected chi connectivity index (χ1v) is 11.3. The molecule has 4 nitrogen and oxygen atoms in total. The standard InChI is InChI=1S/C28H25ClFNO3/c1-16-5-7-18(8-6-16)25(32)23-24(17-9-11-19(12-10-17)28(2,3)4)31(27(34)26(23)33)20-13-14-22(30)21(29)15-20/h5-15,24,32H,1-4H3/b25-23+. The van der Waals surface area contributed by atoms with Crippen molar-refractivity contribution in [2.75, 3.05) is 4.90 Å². The summed E-state index contributed by atoms with van der Waals surface area (Å²) in [5.74, 6) is -2.53. The van der Waals surface area contributed by atoms with E-state index in [0.29, 0.717) is 11.1 Å². The monoisotopic (exact) mass is 477 g/mol. The van der Waals surface area contributed by atoms with Crippen LogP contribution in [0, 0.1) is 12.7 Å². The van der Waals surface area contributed by atoms with E-state index in [4.69, 9.17) is 11.6 Å². The third kappa shape index (κ3) is 4.24. The summed E-state index contributed by atoms with van der Waals surface area (Å²) in [5.41, 5.74) is 3.29. The Labute approximate surface area is 203 Å². The number of halogens is 2. The van der Waals surface area contributed by atoms with Crippen molar-refractivity contribution in [1.82, 2.24) is 0 Å². The SMILES string of the molecule is Cc1ccc(/C(O)=C2\C(=O)C(=O)N(c3ccc(F)c(Cl)c3)C2c2ccc(C(C)(C)C)cc2)cc1. The lowest BCUT2D eigenvalue weighted by Crippen LogP contribution is -2.29. The number of hydrogen-bond donors (Lipinski definition) is 1. The molecule has 3 aromatic rings. The van der Waals surface area contributed by atoms with E-state index in [0.717, 1.165) is 17.2 Å². The summed E-state index contributed by atoms with van der Waals surface area (Å²) in [5, 5.41) is 11.0. The molecule has 1 fully saturated rings. The van der Waals surface area contributed by atoms with Crippen LogP contribution in [0.15, 0.2) is 72.3 Å². The minimum atomic E-state index is -0.906. The fraction of sp³-hybridized carbons (Fsp3) is 0.214.